The molecular weight excluding hydrogens is 405 g/mol. The molecule has 171 valence electrons. The van der Waals surface area contributed by atoms with Gasteiger partial charge in [0.1, 0.15) is 5.82 Å². The maximum Gasteiger partial charge on any atom is 0.161 e. The van der Waals surface area contributed by atoms with E-state index in [1.165, 1.54) is 17.7 Å². The molecule has 0 spiro atoms. The smallest absolute Gasteiger partial charge is 0.161 e. The van der Waals surface area contributed by atoms with Gasteiger partial charge in [-0.1, -0.05) is 13.0 Å². The number of rotatable bonds is 10. The second-order valence-corrected chi connectivity index (χ2v) is 8.57. The maximum absolute atomic E-state index is 13.4. The Morgan fingerprint density at radius 3 is 2.75 bits per heavy atom. The van der Waals surface area contributed by atoms with Gasteiger partial charge >= 0.3 is 0 Å². The van der Waals surface area contributed by atoms with Crippen LogP contribution >= 0.6 is 0 Å². The fraction of sp³-hybridized carbons (Fsp3) is 0.462. The van der Waals surface area contributed by atoms with Gasteiger partial charge in [-0.2, -0.15) is 5.10 Å². The molecule has 0 aliphatic carbocycles. The van der Waals surface area contributed by atoms with Crippen LogP contribution in [-0.2, 0) is 6.42 Å². The van der Waals surface area contributed by atoms with Crippen molar-refractivity contribution in [3.8, 4) is 11.5 Å². The zero-order valence-electron chi connectivity index (χ0n) is 19.1. The van der Waals surface area contributed by atoms with E-state index in [-0.39, 0.29) is 5.82 Å². The third-order valence-corrected chi connectivity index (χ3v) is 6.32. The van der Waals surface area contributed by atoms with E-state index in [9.17, 15) is 4.39 Å². The molecule has 0 saturated carbocycles. The topological polar surface area (TPSA) is 50.4 Å². The van der Waals surface area contributed by atoms with Crippen molar-refractivity contribution >= 4 is 10.9 Å². The van der Waals surface area contributed by atoms with Crippen molar-refractivity contribution in [3.05, 3.63) is 59.9 Å². The zero-order valence-corrected chi connectivity index (χ0v) is 19.1. The summed E-state index contributed by atoms with van der Waals surface area (Å²) in [7, 11) is 1.69. The molecular formula is C26H33FN3O2. The molecule has 1 radical (unpaired) electrons. The van der Waals surface area contributed by atoms with Crippen molar-refractivity contribution in [2.24, 2.45) is 0 Å². The summed E-state index contributed by atoms with van der Waals surface area (Å²) >= 11 is 0. The van der Waals surface area contributed by atoms with Gasteiger partial charge < -0.3 is 14.4 Å². The number of nitrogens with one attached hydrogen (secondary N) is 1. The number of likely N-dealkylation sites (tertiary alicyclic amines) is 1. The number of hydrogen-bond donors (Lipinski definition) is 1. The van der Waals surface area contributed by atoms with E-state index >= 15 is 0 Å². The minimum atomic E-state index is -0.225. The van der Waals surface area contributed by atoms with E-state index < -0.39 is 0 Å². The predicted octanol–water partition coefficient (Wildman–Crippen LogP) is 5.52. The van der Waals surface area contributed by atoms with Gasteiger partial charge in [0, 0.05) is 11.3 Å². The lowest BCUT2D eigenvalue weighted by Crippen LogP contribution is -2.34. The van der Waals surface area contributed by atoms with Crippen molar-refractivity contribution in [2.75, 3.05) is 33.4 Å². The van der Waals surface area contributed by atoms with Crippen molar-refractivity contribution in [3.63, 3.8) is 0 Å². The monoisotopic (exact) mass is 438 g/mol. The second kappa shape index (κ2) is 10.8. The average molecular weight is 439 g/mol. The quantitative estimate of drug-likeness (QED) is 0.424. The van der Waals surface area contributed by atoms with Crippen LogP contribution in [0.1, 0.15) is 49.8 Å². The molecule has 1 N–H and O–H groups in total. The Kier molecular flexibility index (Phi) is 7.63. The Morgan fingerprint density at radius 1 is 1.12 bits per heavy atom. The van der Waals surface area contributed by atoms with Crippen LogP contribution in [0.4, 0.5) is 4.39 Å². The number of piperidine rings is 1. The summed E-state index contributed by atoms with van der Waals surface area (Å²) in [6, 6.07) is 11.1. The van der Waals surface area contributed by atoms with E-state index in [2.05, 4.69) is 40.6 Å². The van der Waals surface area contributed by atoms with E-state index in [0.29, 0.717) is 12.5 Å². The highest BCUT2D eigenvalue weighted by Gasteiger charge is 2.24. The number of H-pyrrole nitrogens is 1. The minimum Gasteiger partial charge on any atom is -0.493 e. The fourth-order valence-corrected chi connectivity index (χ4v) is 4.57. The molecule has 3 aromatic rings. The van der Waals surface area contributed by atoms with Crippen LogP contribution in [0.3, 0.4) is 0 Å². The van der Waals surface area contributed by atoms with Crippen LogP contribution in [0.25, 0.3) is 10.9 Å². The Bertz CT molecular complexity index is 1010. The summed E-state index contributed by atoms with van der Waals surface area (Å²) in [5.74, 6) is 1.84. The second-order valence-electron chi connectivity index (χ2n) is 8.57. The van der Waals surface area contributed by atoms with Crippen LogP contribution in [0.5, 0.6) is 11.5 Å². The number of halogens is 1. The normalized spacial score (nSPS) is 15.3. The predicted molar refractivity (Wildman–Crippen MR) is 126 cm³/mol. The Hall–Kier alpha value is -2.60. The molecule has 6 heteroatoms. The van der Waals surface area contributed by atoms with Gasteiger partial charge in [0.2, 0.25) is 0 Å². The summed E-state index contributed by atoms with van der Waals surface area (Å²) in [4.78, 5) is 2.53. The molecule has 0 unspecified atom stereocenters. The van der Waals surface area contributed by atoms with E-state index in [0.717, 1.165) is 79.8 Å². The highest BCUT2D eigenvalue weighted by Crippen LogP contribution is 2.32. The molecule has 1 aliphatic rings. The molecule has 5 nitrogen and oxygen atoms in total. The fourth-order valence-electron chi connectivity index (χ4n) is 4.57. The summed E-state index contributed by atoms with van der Waals surface area (Å²) in [5.41, 5.74) is 3.11. The summed E-state index contributed by atoms with van der Waals surface area (Å²) in [5, 5.41) is 8.53. The maximum atomic E-state index is 13.4. The standard InChI is InChI=1S/C26H33FN3O2/c1-3-6-19-7-10-24(25(17-19)31-2)32-16-5-4-13-30-14-11-20(12-15-30)26-22-9-8-21(27)18-23(22)28-29-26/h3,7-10,17-18,20H,4-6,11-16H2,1-2H3,(H,28,29). The number of hydrogen-bond acceptors (Lipinski definition) is 4. The number of unbranched alkanes of at least 4 members (excludes halogenated alkanes) is 1. The van der Waals surface area contributed by atoms with Gasteiger partial charge in [0.15, 0.2) is 11.5 Å². The van der Waals surface area contributed by atoms with Gasteiger partial charge in [-0.05, 0) is 94.1 Å². The molecule has 1 aliphatic heterocycles. The van der Waals surface area contributed by atoms with Crippen LogP contribution in [0.2, 0.25) is 0 Å². The number of ether oxygens (including phenoxy) is 2. The zero-order chi connectivity index (χ0) is 22.3. The third-order valence-electron chi connectivity index (χ3n) is 6.32. The highest BCUT2D eigenvalue weighted by atomic mass is 19.1. The van der Waals surface area contributed by atoms with Gasteiger partial charge in [0.25, 0.3) is 0 Å². The first-order chi connectivity index (χ1) is 15.7. The first-order valence-electron chi connectivity index (χ1n) is 11.6. The number of fused-ring (bicyclic) bond motifs is 1. The van der Waals surface area contributed by atoms with E-state index in [1.807, 2.05) is 12.1 Å². The molecule has 4 rings (SSSR count). The number of methoxy groups -OCH3 is 1. The number of nitrogens with zero attached hydrogens (tertiary/aromatic N) is 2. The lowest BCUT2D eigenvalue weighted by atomic mass is 9.91. The third kappa shape index (κ3) is 5.41. The summed E-state index contributed by atoms with van der Waals surface area (Å²) < 4.78 is 24.9. The largest absolute Gasteiger partial charge is 0.493 e. The van der Waals surface area contributed by atoms with Gasteiger partial charge in [-0.3, -0.25) is 5.10 Å². The molecule has 0 atom stereocenters. The Labute approximate surface area is 189 Å². The van der Waals surface area contributed by atoms with Crippen molar-refractivity contribution in [1.29, 1.82) is 0 Å². The van der Waals surface area contributed by atoms with Crippen molar-refractivity contribution in [2.45, 2.75) is 44.9 Å². The summed E-state index contributed by atoms with van der Waals surface area (Å²) in [6.45, 7) is 5.99. The lowest BCUT2D eigenvalue weighted by molar-refractivity contribution is 0.200. The SMILES string of the molecule is C[CH]Cc1ccc(OCCCCN2CCC(c3n[nH]c4cc(F)ccc34)CC2)c(OC)c1. The van der Waals surface area contributed by atoms with Gasteiger partial charge in [-0.15, -0.1) is 0 Å². The van der Waals surface area contributed by atoms with Crippen molar-refractivity contribution in [1.82, 2.24) is 15.1 Å². The van der Waals surface area contributed by atoms with Crippen LogP contribution in [0.15, 0.2) is 36.4 Å². The molecule has 0 bridgehead atoms. The van der Waals surface area contributed by atoms with E-state index in [1.54, 1.807) is 7.11 Å². The molecule has 2 heterocycles. The van der Waals surface area contributed by atoms with E-state index in [4.69, 9.17) is 9.47 Å². The highest BCUT2D eigenvalue weighted by molar-refractivity contribution is 5.81. The van der Waals surface area contributed by atoms with Crippen LogP contribution in [-0.4, -0.2) is 48.4 Å². The minimum absolute atomic E-state index is 0.225. The first kappa shape index (κ1) is 22.6. The van der Waals surface area contributed by atoms with Crippen LogP contribution in [0, 0.1) is 12.2 Å². The van der Waals surface area contributed by atoms with Gasteiger partial charge in [-0.25, -0.2) is 4.39 Å². The molecule has 1 saturated heterocycles. The van der Waals surface area contributed by atoms with Gasteiger partial charge in [0.05, 0.1) is 24.9 Å². The number of benzene rings is 2. The first-order valence-corrected chi connectivity index (χ1v) is 11.6. The van der Waals surface area contributed by atoms with Crippen LogP contribution < -0.4 is 9.47 Å². The number of aromatic nitrogens is 2. The van der Waals surface area contributed by atoms with Crippen molar-refractivity contribution < 1.29 is 13.9 Å². The number of aromatic amines is 1. The summed E-state index contributed by atoms with van der Waals surface area (Å²) in [6.07, 6.45) is 7.38. The molecule has 2 aromatic carbocycles. The molecule has 1 fully saturated rings. The molecule has 0 amide bonds. The Balaban J connectivity index is 1.18. The average Bonchev–Trinajstić information content (AvgIpc) is 3.23. The Morgan fingerprint density at radius 2 is 1.97 bits per heavy atom. The molecule has 1 aromatic heterocycles. The molecule has 32 heavy (non-hydrogen) atoms. The lowest BCUT2D eigenvalue weighted by Gasteiger charge is -2.31.